The molecule has 0 bridgehead atoms. The van der Waals surface area contributed by atoms with E-state index in [1.807, 2.05) is 18.2 Å². The van der Waals surface area contributed by atoms with Gasteiger partial charge in [0.05, 0.1) is 6.61 Å². The number of anilines is 1. The lowest BCUT2D eigenvalue weighted by Crippen LogP contribution is -2.24. The zero-order chi connectivity index (χ0) is 15.6. The molecular weight excluding hydrogens is 366 g/mol. The van der Waals surface area contributed by atoms with Crippen LogP contribution in [0.2, 0.25) is 0 Å². The van der Waals surface area contributed by atoms with Gasteiger partial charge in [0.2, 0.25) is 0 Å². The molecule has 2 rings (SSSR count). The minimum Gasteiger partial charge on any atom is -0.494 e. The van der Waals surface area contributed by atoms with E-state index in [0.29, 0.717) is 12.5 Å². The summed E-state index contributed by atoms with van der Waals surface area (Å²) >= 11 is 9.09. The Morgan fingerprint density at radius 1 is 1.14 bits per heavy atom. The first kappa shape index (κ1) is 17.6. The van der Waals surface area contributed by atoms with Gasteiger partial charge in [-0.05, 0) is 49.5 Å². The van der Waals surface area contributed by atoms with Crippen LogP contribution in [0.3, 0.4) is 0 Å². The van der Waals surface area contributed by atoms with Gasteiger partial charge in [-0.15, -0.1) is 11.6 Å². The summed E-state index contributed by atoms with van der Waals surface area (Å²) in [5.41, 5.74) is 2.22. The number of ether oxygens (including phenoxy) is 2. The van der Waals surface area contributed by atoms with Crippen molar-refractivity contribution in [1.82, 2.24) is 0 Å². The third kappa shape index (κ3) is 5.82. The number of rotatable bonds is 10. The zero-order valence-electron chi connectivity index (χ0n) is 12.7. The van der Waals surface area contributed by atoms with Gasteiger partial charge >= 0.3 is 0 Å². The molecular formula is C17H23BrClNO2. The predicted molar refractivity (Wildman–Crippen MR) is 97.3 cm³/mol. The van der Waals surface area contributed by atoms with E-state index in [-0.39, 0.29) is 6.23 Å². The number of hydrogen-bond acceptors (Lipinski definition) is 3. The molecule has 1 heterocycles. The normalized spacial score (nSPS) is 16.2. The Labute approximate surface area is 146 Å². The summed E-state index contributed by atoms with van der Waals surface area (Å²) in [5.74, 6) is 1.59. The van der Waals surface area contributed by atoms with Crippen molar-refractivity contribution >= 4 is 39.3 Å². The molecule has 1 aromatic carbocycles. The molecule has 1 unspecified atom stereocenters. The molecule has 0 saturated carbocycles. The highest BCUT2D eigenvalue weighted by molar-refractivity contribution is 9.09. The van der Waals surface area contributed by atoms with Crippen LogP contribution >= 0.6 is 27.5 Å². The molecule has 0 fully saturated rings. The maximum absolute atomic E-state index is 5.79. The molecule has 22 heavy (non-hydrogen) atoms. The van der Waals surface area contributed by atoms with Crippen LogP contribution in [0.1, 0.15) is 31.2 Å². The van der Waals surface area contributed by atoms with Crippen LogP contribution in [0.5, 0.6) is 5.75 Å². The number of nitrogens with one attached hydrogen (secondary N) is 1. The van der Waals surface area contributed by atoms with Crippen LogP contribution in [0.25, 0.3) is 6.08 Å². The smallest absolute Gasteiger partial charge is 0.147 e. The number of fused-ring (bicyclic) bond motifs is 1. The molecule has 0 spiro atoms. The van der Waals surface area contributed by atoms with E-state index in [1.54, 1.807) is 0 Å². The molecule has 3 nitrogen and oxygen atoms in total. The summed E-state index contributed by atoms with van der Waals surface area (Å²) in [4.78, 5) is 0. The van der Waals surface area contributed by atoms with Gasteiger partial charge < -0.3 is 14.8 Å². The van der Waals surface area contributed by atoms with Gasteiger partial charge in [-0.3, -0.25) is 0 Å². The van der Waals surface area contributed by atoms with Gasteiger partial charge in [0.1, 0.15) is 12.0 Å². The van der Waals surface area contributed by atoms with Crippen molar-refractivity contribution < 1.29 is 9.47 Å². The maximum Gasteiger partial charge on any atom is 0.147 e. The lowest BCUT2D eigenvalue weighted by Gasteiger charge is -2.23. The number of unbranched alkanes of at least 4 members (excludes halogenated alkanes) is 2. The number of benzene rings is 1. The van der Waals surface area contributed by atoms with E-state index in [2.05, 4.69) is 33.4 Å². The largest absolute Gasteiger partial charge is 0.494 e. The van der Waals surface area contributed by atoms with Crippen LogP contribution in [0.4, 0.5) is 5.69 Å². The molecule has 122 valence electrons. The van der Waals surface area contributed by atoms with Crippen LogP contribution in [0, 0.1) is 0 Å². The molecule has 1 aliphatic rings. The molecule has 5 heteroatoms. The first-order valence-corrected chi connectivity index (χ1v) is 9.44. The van der Waals surface area contributed by atoms with Crippen molar-refractivity contribution in [3.05, 3.63) is 29.8 Å². The van der Waals surface area contributed by atoms with E-state index in [4.69, 9.17) is 21.1 Å². The molecule has 0 radical (unpaired) electrons. The Hall–Kier alpha value is -0.710. The summed E-state index contributed by atoms with van der Waals surface area (Å²) in [7, 11) is 0. The first-order valence-electron chi connectivity index (χ1n) is 7.78. The Bertz CT molecular complexity index is 482. The second kappa shape index (κ2) is 10.1. The average Bonchev–Trinajstić information content (AvgIpc) is 2.55. The van der Waals surface area contributed by atoms with Crippen LogP contribution in [0.15, 0.2) is 24.3 Å². The van der Waals surface area contributed by atoms with E-state index in [0.717, 1.165) is 54.6 Å². The third-order valence-electron chi connectivity index (χ3n) is 3.40. The fourth-order valence-electron chi connectivity index (χ4n) is 2.18. The Morgan fingerprint density at radius 3 is 2.82 bits per heavy atom. The lowest BCUT2D eigenvalue weighted by atomic mass is 10.1. The van der Waals surface area contributed by atoms with E-state index in [1.165, 1.54) is 0 Å². The van der Waals surface area contributed by atoms with Crippen molar-refractivity contribution in [3.8, 4) is 5.75 Å². The minimum atomic E-state index is -0.0773. The second-order valence-corrected chi connectivity index (χ2v) is 6.36. The Kier molecular flexibility index (Phi) is 8.13. The van der Waals surface area contributed by atoms with Gasteiger partial charge in [-0.25, -0.2) is 0 Å². The molecule has 0 aromatic heterocycles. The summed E-state index contributed by atoms with van der Waals surface area (Å²) in [6, 6.07) is 6.13. The fourth-order valence-corrected chi connectivity index (χ4v) is 2.76. The highest BCUT2D eigenvalue weighted by Crippen LogP contribution is 2.28. The predicted octanol–water partition coefficient (Wildman–Crippen LogP) is 5.04. The maximum atomic E-state index is 5.79. The van der Waals surface area contributed by atoms with Crippen LogP contribution < -0.4 is 10.1 Å². The molecule has 0 amide bonds. The molecule has 1 N–H and O–H groups in total. The van der Waals surface area contributed by atoms with Gasteiger partial charge in [0.25, 0.3) is 0 Å². The summed E-state index contributed by atoms with van der Waals surface area (Å²) < 4.78 is 11.6. The number of alkyl halides is 2. The van der Waals surface area contributed by atoms with E-state index >= 15 is 0 Å². The quantitative estimate of drug-likeness (QED) is 0.450. The highest BCUT2D eigenvalue weighted by Gasteiger charge is 2.13. The van der Waals surface area contributed by atoms with Crippen LogP contribution in [-0.4, -0.2) is 30.7 Å². The Morgan fingerprint density at radius 2 is 2.00 bits per heavy atom. The highest BCUT2D eigenvalue weighted by atomic mass is 79.9. The van der Waals surface area contributed by atoms with Gasteiger partial charge in [-0.2, -0.15) is 0 Å². The average molecular weight is 389 g/mol. The second-order valence-electron chi connectivity index (χ2n) is 5.18. The fraction of sp³-hybridized carbons (Fsp3) is 0.529. The van der Waals surface area contributed by atoms with Gasteiger partial charge in [-0.1, -0.05) is 22.0 Å². The number of hydrogen-bond donors (Lipinski definition) is 1. The zero-order valence-corrected chi connectivity index (χ0v) is 15.0. The van der Waals surface area contributed by atoms with Crippen LogP contribution in [-0.2, 0) is 4.74 Å². The molecule has 1 aromatic rings. The van der Waals surface area contributed by atoms with Crippen molar-refractivity contribution in [2.75, 3.05) is 29.7 Å². The first-order chi connectivity index (χ1) is 10.8. The lowest BCUT2D eigenvalue weighted by molar-refractivity contribution is 0.101. The summed E-state index contributed by atoms with van der Waals surface area (Å²) in [6.07, 6.45) is 8.21. The van der Waals surface area contributed by atoms with Crippen molar-refractivity contribution in [3.63, 3.8) is 0 Å². The summed E-state index contributed by atoms with van der Waals surface area (Å²) in [5, 5.41) is 4.41. The monoisotopic (exact) mass is 387 g/mol. The molecule has 0 saturated heterocycles. The molecule has 0 aliphatic carbocycles. The molecule has 1 aliphatic heterocycles. The number of halogens is 2. The van der Waals surface area contributed by atoms with Crippen molar-refractivity contribution in [1.29, 1.82) is 0 Å². The summed E-state index contributed by atoms with van der Waals surface area (Å²) in [6.45, 7) is 1.46. The van der Waals surface area contributed by atoms with Gasteiger partial charge in [0.15, 0.2) is 0 Å². The standard InChI is InChI=1S/C17H23BrClNO2/c18-9-1-3-11-21-15-7-5-14-6-8-17(20-16(14)13-15)22-12-4-2-10-19/h5-8,13,17,20H,1-4,9-12H2. The minimum absolute atomic E-state index is 0.0773. The third-order valence-corrected chi connectivity index (χ3v) is 4.22. The van der Waals surface area contributed by atoms with Gasteiger partial charge in [0, 0.05) is 29.6 Å². The van der Waals surface area contributed by atoms with E-state index < -0.39 is 0 Å². The van der Waals surface area contributed by atoms with Crippen molar-refractivity contribution in [2.24, 2.45) is 0 Å². The molecule has 1 atom stereocenters. The van der Waals surface area contributed by atoms with Crippen molar-refractivity contribution in [2.45, 2.75) is 31.9 Å². The SMILES string of the molecule is ClCCCCOC1C=Cc2ccc(OCCCCBr)cc2N1. The Balaban J connectivity index is 1.83. The topological polar surface area (TPSA) is 30.5 Å². The van der Waals surface area contributed by atoms with E-state index in [9.17, 15) is 0 Å².